The fourth-order valence-electron chi connectivity index (χ4n) is 4.43. The number of amides is 1. The summed E-state index contributed by atoms with van der Waals surface area (Å²) in [6.07, 6.45) is 5.52. The van der Waals surface area contributed by atoms with E-state index in [-0.39, 0.29) is 0 Å². The highest BCUT2D eigenvalue weighted by Gasteiger charge is 2.34. The van der Waals surface area contributed by atoms with Gasteiger partial charge in [-0.2, -0.15) is 0 Å². The van der Waals surface area contributed by atoms with Gasteiger partial charge < -0.3 is 25.2 Å². The van der Waals surface area contributed by atoms with E-state index in [1.807, 2.05) is 18.0 Å². The van der Waals surface area contributed by atoms with Crippen LogP contribution >= 0.6 is 0 Å². The molecule has 1 aromatic carbocycles. The minimum Gasteiger partial charge on any atom is -0.379 e. The molecular weight excluding hydrogens is 442 g/mol. The van der Waals surface area contributed by atoms with Crippen LogP contribution in [0, 0.1) is 5.92 Å². The zero-order chi connectivity index (χ0) is 24.0. The number of fused-ring (bicyclic) bond motifs is 1. The number of ether oxygens (including phenoxy) is 1. The van der Waals surface area contributed by atoms with Gasteiger partial charge in [0.25, 0.3) is 0 Å². The maximum atomic E-state index is 12.2. The minimum atomic E-state index is 0.308. The van der Waals surface area contributed by atoms with Gasteiger partial charge >= 0.3 is 0 Å². The highest BCUT2D eigenvalue weighted by atomic mass is 16.5. The van der Waals surface area contributed by atoms with Crippen molar-refractivity contribution in [2.45, 2.75) is 12.8 Å². The smallest absolute Gasteiger partial charge is 0.225 e. The Balaban J connectivity index is 0.000000371. The quantitative estimate of drug-likeness (QED) is 0.594. The molecule has 2 aromatic heterocycles. The Morgan fingerprint density at radius 2 is 1.74 bits per heavy atom. The van der Waals surface area contributed by atoms with Gasteiger partial charge in [0, 0.05) is 75.9 Å². The summed E-state index contributed by atoms with van der Waals surface area (Å²) in [5.41, 5.74) is 4.69. The maximum absolute atomic E-state index is 12.2. The Hall–Kier alpha value is -3.30. The number of benzene rings is 1. The van der Waals surface area contributed by atoms with Crippen LogP contribution in [0.5, 0.6) is 0 Å². The second kappa shape index (κ2) is 11.0. The first-order valence-electron chi connectivity index (χ1n) is 12.4. The third kappa shape index (κ3) is 5.68. The third-order valence-electron chi connectivity index (χ3n) is 6.59. The predicted octanol–water partition coefficient (Wildman–Crippen LogP) is 2.40. The third-order valence-corrected chi connectivity index (χ3v) is 6.59. The van der Waals surface area contributed by atoms with Gasteiger partial charge in [0.1, 0.15) is 5.52 Å². The molecular formula is C26H33N7O2. The largest absolute Gasteiger partial charge is 0.379 e. The molecule has 1 amide bonds. The van der Waals surface area contributed by atoms with Gasteiger partial charge in [-0.3, -0.25) is 9.78 Å². The highest BCUT2D eigenvalue weighted by molar-refractivity contribution is 5.88. The first kappa shape index (κ1) is 23.4. The molecule has 2 aliphatic heterocycles. The molecule has 0 unspecified atom stereocenters. The lowest BCUT2D eigenvalue weighted by Gasteiger charge is -2.36. The van der Waals surface area contributed by atoms with Crippen molar-refractivity contribution < 1.29 is 9.53 Å². The fraction of sp³-hybridized carbons (Fsp3) is 0.462. The van der Waals surface area contributed by atoms with E-state index in [1.54, 1.807) is 12.4 Å². The van der Waals surface area contributed by atoms with E-state index >= 15 is 0 Å². The molecule has 0 atom stereocenters. The summed E-state index contributed by atoms with van der Waals surface area (Å²) in [5.74, 6) is 1.39. The van der Waals surface area contributed by atoms with Gasteiger partial charge in [0.05, 0.1) is 24.4 Å². The average molecular weight is 476 g/mol. The van der Waals surface area contributed by atoms with Crippen LogP contribution in [0.2, 0.25) is 0 Å². The van der Waals surface area contributed by atoms with Crippen molar-refractivity contribution in [3.8, 4) is 11.3 Å². The average Bonchev–Trinajstić information content (AvgIpc) is 3.79. The Morgan fingerprint density at radius 3 is 2.34 bits per heavy atom. The van der Waals surface area contributed by atoms with E-state index in [2.05, 4.69) is 49.8 Å². The molecule has 1 aliphatic carbocycles. The number of aromatic nitrogens is 3. The topological polar surface area (TPSA) is 95.5 Å². The molecule has 0 radical (unpaired) electrons. The lowest BCUT2D eigenvalue weighted by molar-refractivity contribution is -0.132. The first-order valence-corrected chi connectivity index (χ1v) is 12.4. The highest BCUT2D eigenvalue weighted by Crippen LogP contribution is 2.32. The number of nitrogens with zero attached hydrogens (tertiary/aromatic N) is 5. The number of pyridine rings is 1. The van der Waals surface area contributed by atoms with Crippen molar-refractivity contribution in [2.75, 3.05) is 69.7 Å². The monoisotopic (exact) mass is 475 g/mol. The summed E-state index contributed by atoms with van der Waals surface area (Å²) < 4.78 is 5.01. The van der Waals surface area contributed by atoms with Gasteiger partial charge in [-0.25, -0.2) is 9.97 Å². The summed E-state index contributed by atoms with van der Waals surface area (Å²) in [6, 6.07) is 10.4. The van der Waals surface area contributed by atoms with Gasteiger partial charge in [0.2, 0.25) is 5.91 Å². The molecule has 2 saturated heterocycles. The Labute approximate surface area is 205 Å². The van der Waals surface area contributed by atoms with Crippen molar-refractivity contribution >= 4 is 28.4 Å². The normalized spacial score (nSPS) is 18.1. The number of morpholine rings is 1. The summed E-state index contributed by atoms with van der Waals surface area (Å²) in [6.45, 7) is 7.22. The van der Waals surface area contributed by atoms with E-state index < -0.39 is 0 Å². The fourth-order valence-corrected chi connectivity index (χ4v) is 4.43. The second-order valence-corrected chi connectivity index (χ2v) is 9.03. The van der Waals surface area contributed by atoms with Crippen LogP contribution in [0.4, 0.5) is 11.5 Å². The zero-order valence-electron chi connectivity index (χ0n) is 20.2. The van der Waals surface area contributed by atoms with E-state index in [0.29, 0.717) is 11.8 Å². The number of piperazine rings is 1. The van der Waals surface area contributed by atoms with Crippen LogP contribution in [-0.4, -0.2) is 85.3 Å². The number of rotatable bonds is 4. The van der Waals surface area contributed by atoms with E-state index in [4.69, 9.17) is 9.72 Å². The van der Waals surface area contributed by atoms with E-state index in [0.717, 1.165) is 93.4 Å². The molecule has 6 rings (SSSR count). The van der Waals surface area contributed by atoms with Gasteiger partial charge in [-0.1, -0.05) is 12.1 Å². The van der Waals surface area contributed by atoms with E-state index in [9.17, 15) is 4.79 Å². The molecule has 35 heavy (non-hydrogen) atoms. The standard InChI is InChI=1S/C22H24N6O.C4H9NO/c1-23-21-20-19(24-8-9-25-20)14-18(26-21)15-4-6-17(7-5-15)27-10-12-28(13-11-27)22(29)16-2-3-16;1-3-6-4-2-5-1/h4-9,14,16H,2-3,10-13H2,1H3,(H,23,26);5H,1-4H2. The van der Waals surface area contributed by atoms with Crippen LogP contribution in [0.1, 0.15) is 12.8 Å². The number of anilines is 2. The first-order chi connectivity index (χ1) is 17.2. The molecule has 184 valence electrons. The van der Waals surface area contributed by atoms with Crippen LogP contribution in [-0.2, 0) is 9.53 Å². The molecule has 3 fully saturated rings. The number of hydrogen-bond acceptors (Lipinski definition) is 8. The minimum absolute atomic E-state index is 0.308. The Kier molecular flexibility index (Phi) is 7.34. The summed E-state index contributed by atoms with van der Waals surface area (Å²) in [7, 11) is 1.84. The molecule has 4 heterocycles. The summed E-state index contributed by atoms with van der Waals surface area (Å²) in [4.78, 5) is 30.1. The molecule has 9 nitrogen and oxygen atoms in total. The second-order valence-electron chi connectivity index (χ2n) is 9.03. The predicted molar refractivity (Wildman–Crippen MR) is 138 cm³/mol. The molecule has 2 N–H and O–H groups in total. The van der Waals surface area contributed by atoms with Crippen LogP contribution in [0.3, 0.4) is 0 Å². The lowest BCUT2D eigenvalue weighted by atomic mass is 10.1. The SMILES string of the molecule is C1COCCN1.CNc1nc(-c2ccc(N3CCN(C(=O)C4CC4)CC3)cc2)cc2nccnc12. The molecule has 0 bridgehead atoms. The lowest BCUT2D eigenvalue weighted by Crippen LogP contribution is -2.49. The molecule has 0 spiro atoms. The van der Waals surface area contributed by atoms with Gasteiger partial charge in [0.15, 0.2) is 5.82 Å². The summed E-state index contributed by atoms with van der Waals surface area (Å²) >= 11 is 0. The van der Waals surface area contributed by atoms with Crippen molar-refractivity contribution in [1.29, 1.82) is 0 Å². The number of nitrogens with one attached hydrogen (secondary N) is 2. The number of carbonyl (C=O) groups excluding carboxylic acids is 1. The molecule has 3 aromatic rings. The molecule has 3 aliphatic rings. The van der Waals surface area contributed by atoms with Crippen molar-refractivity contribution in [3.63, 3.8) is 0 Å². The molecule has 9 heteroatoms. The number of hydrogen-bond donors (Lipinski definition) is 2. The summed E-state index contributed by atoms with van der Waals surface area (Å²) in [5, 5.41) is 6.27. The Morgan fingerprint density at radius 1 is 1.03 bits per heavy atom. The van der Waals surface area contributed by atoms with Crippen molar-refractivity contribution in [1.82, 2.24) is 25.2 Å². The van der Waals surface area contributed by atoms with Crippen LogP contribution < -0.4 is 15.5 Å². The maximum Gasteiger partial charge on any atom is 0.225 e. The van der Waals surface area contributed by atoms with E-state index in [1.165, 1.54) is 5.69 Å². The van der Waals surface area contributed by atoms with Crippen LogP contribution in [0.25, 0.3) is 22.3 Å². The van der Waals surface area contributed by atoms with Crippen LogP contribution in [0.15, 0.2) is 42.7 Å². The zero-order valence-corrected chi connectivity index (χ0v) is 20.2. The number of carbonyl (C=O) groups is 1. The van der Waals surface area contributed by atoms with Gasteiger partial charge in [-0.15, -0.1) is 0 Å². The van der Waals surface area contributed by atoms with Crippen molar-refractivity contribution in [2.24, 2.45) is 5.92 Å². The van der Waals surface area contributed by atoms with Gasteiger partial charge in [-0.05, 0) is 31.0 Å². The Bertz CT molecular complexity index is 1130. The molecule has 1 saturated carbocycles. The van der Waals surface area contributed by atoms with Crippen molar-refractivity contribution in [3.05, 3.63) is 42.7 Å².